The van der Waals surface area contributed by atoms with E-state index >= 15 is 0 Å². The number of aryl methyl sites for hydroxylation is 1. The fourth-order valence-corrected chi connectivity index (χ4v) is 4.03. The Morgan fingerprint density at radius 2 is 1.51 bits per heavy atom. The first-order chi connectivity index (χ1) is 18.0. The minimum Gasteiger partial charge on any atom is -0.305 e. The first-order valence-corrected chi connectivity index (χ1v) is 13.5. The van der Waals surface area contributed by atoms with E-state index in [1.807, 2.05) is 32.0 Å². The second-order valence-electron chi connectivity index (χ2n) is 9.55. The number of carbonyl (C=O) groups excluding carboxylic acids is 1. The molecule has 0 spiro atoms. The Kier molecular flexibility index (Phi) is 10.8. The number of nitrogens with one attached hydrogen (secondary N) is 1. The summed E-state index contributed by atoms with van der Waals surface area (Å²) in [5, 5.41) is 8.55. The smallest absolute Gasteiger partial charge is 0.140 e. The van der Waals surface area contributed by atoms with Gasteiger partial charge in [-0.05, 0) is 67.8 Å². The highest BCUT2D eigenvalue weighted by atomic mass is 16.1. The van der Waals surface area contributed by atoms with E-state index in [9.17, 15) is 4.79 Å². The molecule has 4 aromatic rings. The predicted molar refractivity (Wildman–Crippen MR) is 157 cm³/mol. The number of nitrogens with zero attached hydrogens (tertiary/aromatic N) is 2. The van der Waals surface area contributed by atoms with E-state index in [0.29, 0.717) is 18.1 Å². The summed E-state index contributed by atoms with van der Waals surface area (Å²) < 4.78 is 0. The van der Waals surface area contributed by atoms with Crippen LogP contribution in [0.3, 0.4) is 0 Å². The number of aromatic nitrogens is 2. The van der Waals surface area contributed by atoms with Crippen LogP contribution in [0.2, 0.25) is 0 Å². The van der Waals surface area contributed by atoms with Gasteiger partial charge >= 0.3 is 0 Å². The van der Waals surface area contributed by atoms with Crippen molar-refractivity contribution in [2.24, 2.45) is 5.92 Å². The van der Waals surface area contributed by atoms with Crippen molar-refractivity contribution in [3.63, 3.8) is 0 Å². The van der Waals surface area contributed by atoms with Gasteiger partial charge in [0, 0.05) is 24.3 Å². The lowest BCUT2D eigenvalue weighted by Crippen LogP contribution is -2.10. The van der Waals surface area contributed by atoms with Crippen LogP contribution in [0.4, 0.5) is 0 Å². The van der Waals surface area contributed by atoms with Gasteiger partial charge in [0.15, 0.2) is 0 Å². The van der Waals surface area contributed by atoms with Crippen molar-refractivity contribution >= 4 is 28.8 Å². The summed E-state index contributed by atoms with van der Waals surface area (Å²) in [6, 6.07) is 25.2. The third-order valence-electron chi connectivity index (χ3n) is 6.25. The lowest BCUT2D eigenvalue weighted by Gasteiger charge is -2.09. The molecular weight excluding hydrogens is 454 g/mol. The van der Waals surface area contributed by atoms with Crippen molar-refractivity contribution < 1.29 is 4.79 Å². The van der Waals surface area contributed by atoms with Gasteiger partial charge in [0.1, 0.15) is 5.78 Å². The molecule has 5 rings (SSSR count). The molecule has 4 nitrogen and oxygen atoms in total. The monoisotopic (exact) mass is 495 g/mol. The third-order valence-corrected chi connectivity index (χ3v) is 6.25. The largest absolute Gasteiger partial charge is 0.305 e. The molecular formula is C33H41N3O. The summed E-state index contributed by atoms with van der Waals surface area (Å²) in [4.78, 5) is 13.7. The molecule has 1 fully saturated rings. The number of H-pyrrole nitrogens is 1. The fraction of sp³-hybridized carbons (Fsp3) is 0.333. The zero-order chi connectivity index (χ0) is 26.6. The third kappa shape index (κ3) is 8.83. The molecule has 1 saturated carbocycles. The molecule has 37 heavy (non-hydrogen) atoms. The number of aromatic amines is 1. The van der Waals surface area contributed by atoms with Crippen LogP contribution in [0.1, 0.15) is 61.6 Å². The lowest BCUT2D eigenvalue weighted by molar-refractivity contribution is -0.119. The second-order valence-corrected chi connectivity index (χ2v) is 9.55. The van der Waals surface area contributed by atoms with Crippen molar-refractivity contribution in [1.82, 2.24) is 15.1 Å². The van der Waals surface area contributed by atoms with E-state index in [1.54, 1.807) is 0 Å². The number of hydrogen-bond donors (Lipinski definition) is 1. The SMILES string of the molecule is CC.CCc1ccc(CC(=O)C2CC2)cc1.CN(C)Cc1ccc(/C=C/c2n[nH]c3ccccc23)cc1. The van der Waals surface area contributed by atoms with E-state index in [1.165, 1.54) is 22.3 Å². The van der Waals surface area contributed by atoms with Crippen molar-refractivity contribution in [2.45, 2.75) is 53.0 Å². The Labute approximate surface area is 222 Å². The molecule has 0 amide bonds. The van der Waals surface area contributed by atoms with Gasteiger partial charge in [0.05, 0.1) is 11.2 Å². The minimum absolute atomic E-state index is 0.390. The minimum atomic E-state index is 0.390. The highest BCUT2D eigenvalue weighted by Gasteiger charge is 2.28. The van der Waals surface area contributed by atoms with Crippen molar-refractivity contribution in [3.05, 3.63) is 101 Å². The maximum absolute atomic E-state index is 11.5. The van der Waals surface area contributed by atoms with E-state index in [-0.39, 0.29) is 0 Å². The van der Waals surface area contributed by atoms with Crippen LogP contribution in [-0.2, 0) is 24.2 Å². The molecule has 4 heteroatoms. The van der Waals surface area contributed by atoms with Gasteiger partial charge < -0.3 is 4.90 Å². The van der Waals surface area contributed by atoms with Crippen LogP contribution in [0.5, 0.6) is 0 Å². The molecule has 0 bridgehead atoms. The molecule has 1 N–H and O–H groups in total. The van der Waals surface area contributed by atoms with Gasteiger partial charge in [-0.3, -0.25) is 9.89 Å². The Morgan fingerprint density at radius 3 is 2.14 bits per heavy atom. The number of Topliss-reactive ketones (excluding diaryl/α,β-unsaturated/α-hetero) is 1. The normalized spacial score (nSPS) is 12.7. The molecule has 0 atom stereocenters. The molecule has 1 heterocycles. The first kappa shape index (κ1) is 28.1. The topological polar surface area (TPSA) is 49.0 Å². The van der Waals surface area contributed by atoms with Gasteiger partial charge in [-0.15, -0.1) is 0 Å². The number of para-hydroxylation sites is 1. The number of hydrogen-bond acceptors (Lipinski definition) is 3. The number of benzene rings is 3. The van der Waals surface area contributed by atoms with E-state index in [0.717, 1.165) is 42.4 Å². The van der Waals surface area contributed by atoms with Crippen LogP contribution >= 0.6 is 0 Å². The Balaban J connectivity index is 0.000000207. The quantitative estimate of drug-likeness (QED) is 0.274. The number of fused-ring (bicyclic) bond motifs is 1. The molecule has 1 aliphatic carbocycles. The van der Waals surface area contributed by atoms with Gasteiger partial charge in [-0.2, -0.15) is 5.10 Å². The second kappa shape index (κ2) is 14.3. The van der Waals surface area contributed by atoms with Crippen molar-refractivity contribution in [2.75, 3.05) is 14.1 Å². The highest BCUT2D eigenvalue weighted by Crippen LogP contribution is 2.30. The maximum atomic E-state index is 11.5. The molecule has 0 aliphatic heterocycles. The van der Waals surface area contributed by atoms with Gasteiger partial charge in [-0.1, -0.05) is 93.6 Å². The average Bonchev–Trinajstić information content (AvgIpc) is 3.70. The predicted octanol–water partition coefficient (Wildman–Crippen LogP) is 7.59. The summed E-state index contributed by atoms with van der Waals surface area (Å²) in [5.41, 5.74) is 7.06. The number of rotatable bonds is 8. The van der Waals surface area contributed by atoms with Gasteiger partial charge in [0.25, 0.3) is 0 Å². The zero-order valence-corrected chi connectivity index (χ0v) is 23.0. The van der Waals surface area contributed by atoms with E-state index in [2.05, 4.69) is 103 Å². The summed E-state index contributed by atoms with van der Waals surface area (Å²) in [6.07, 6.45) is 8.09. The van der Waals surface area contributed by atoms with E-state index in [4.69, 9.17) is 0 Å². The van der Waals surface area contributed by atoms with Gasteiger partial charge in [-0.25, -0.2) is 0 Å². The number of carbonyl (C=O) groups is 1. The summed E-state index contributed by atoms with van der Waals surface area (Å²) in [6.45, 7) is 7.11. The number of ketones is 1. The molecule has 0 unspecified atom stereocenters. The van der Waals surface area contributed by atoms with Crippen LogP contribution in [0.25, 0.3) is 23.1 Å². The Bertz CT molecular complexity index is 1260. The van der Waals surface area contributed by atoms with Gasteiger partial charge in [0.2, 0.25) is 0 Å². The Morgan fingerprint density at radius 1 is 0.892 bits per heavy atom. The summed E-state index contributed by atoms with van der Waals surface area (Å²) in [5.74, 6) is 0.815. The highest BCUT2D eigenvalue weighted by molar-refractivity contribution is 5.89. The molecule has 1 aliphatic rings. The van der Waals surface area contributed by atoms with Crippen LogP contribution in [0, 0.1) is 5.92 Å². The molecule has 0 radical (unpaired) electrons. The van der Waals surface area contributed by atoms with Crippen molar-refractivity contribution in [3.8, 4) is 0 Å². The summed E-state index contributed by atoms with van der Waals surface area (Å²) >= 11 is 0. The standard InChI is InChI=1S/C18H19N3.C13H16O.C2H6/c1-21(2)13-15-9-7-14(8-10-15)11-12-18-16-5-3-4-6-17(16)19-20-18;1-2-10-3-5-11(6-4-10)9-13(14)12-7-8-12;1-2/h3-12H,13H2,1-2H3,(H,19,20);3-6,12H,2,7-9H2,1H3;1-2H3/b12-11+;;. The fourth-order valence-electron chi connectivity index (χ4n) is 4.03. The molecule has 3 aromatic carbocycles. The summed E-state index contributed by atoms with van der Waals surface area (Å²) in [7, 11) is 4.16. The Hall–Kier alpha value is -3.50. The van der Waals surface area contributed by atoms with Crippen molar-refractivity contribution in [1.29, 1.82) is 0 Å². The average molecular weight is 496 g/mol. The van der Waals surface area contributed by atoms with Crippen LogP contribution < -0.4 is 0 Å². The van der Waals surface area contributed by atoms with E-state index < -0.39 is 0 Å². The lowest BCUT2D eigenvalue weighted by atomic mass is 10.0. The zero-order valence-electron chi connectivity index (χ0n) is 23.0. The molecule has 194 valence electrons. The first-order valence-electron chi connectivity index (χ1n) is 13.5. The van der Waals surface area contributed by atoms with Crippen LogP contribution in [0.15, 0.2) is 72.8 Å². The maximum Gasteiger partial charge on any atom is 0.140 e. The van der Waals surface area contributed by atoms with Crippen LogP contribution in [-0.4, -0.2) is 35.0 Å². The molecule has 1 aromatic heterocycles. The molecule has 0 saturated heterocycles.